The highest BCUT2D eigenvalue weighted by Gasteiger charge is 2.16. The summed E-state index contributed by atoms with van der Waals surface area (Å²) in [6, 6.07) is 3.21. The van der Waals surface area contributed by atoms with Gasteiger partial charge in [-0.1, -0.05) is 6.92 Å². The molecule has 4 nitrogen and oxygen atoms in total. The Kier molecular flexibility index (Phi) is 3.65. The van der Waals surface area contributed by atoms with Crippen LogP contribution in [0, 0.1) is 5.82 Å². The van der Waals surface area contributed by atoms with Gasteiger partial charge in [0, 0.05) is 6.54 Å². The van der Waals surface area contributed by atoms with Crippen LogP contribution in [0.25, 0.3) is 0 Å². The smallest absolute Gasteiger partial charge is 0.242 e. The highest BCUT2D eigenvalue weighted by Crippen LogP contribution is 2.18. The number of anilines is 1. The zero-order chi connectivity index (χ0) is 11.5. The van der Waals surface area contributed by atoms with Gasteiger partial charge < -0.3 is 5.73 Å². The molecule has 15 heavy (non-hydrogen) atoms. The van der Waals surface area contributed by atoms with Crippen molar-refractivity contribution < 1.29 is 12.8 Å². The summed E-state index contributed by atoms with van der Waals surface area (Å²) >= 11 is 0. The maximum atomic E-state index is 12.7. The second kappa shape index (κ2) is 4.59. The average molecular weight is 232 g/mol. The Labute approximate surface area is 88.3 Å². The molecule has 1 aromatic rings. The number of sulfonamides is 1. The molecular weight excluding hydrogens is 219 g/mol. The van der Waals surface area contributed by atoms with Crippen LogP contribution < -0.4 is 10.5 Å². The van der Waals surface area contributed by atoms with Crippen LogP contribution in [0.15, 0.2) is 23.1 Å². The summed E-state index contributed by atoms with van der Waals surface area (Å²) in [6.07, 6.45) is 0.681. The fourth-order valence-corrected chi connectivity index (χ4v) is 2.32. The Morgan fingerprint density at radius 1 is 1.47 bits per heavy atom. The lowest BCUT2D eigenvalue weighted by atomic mass is 10.3. The van der Waals surface area contributed by atoms with E-state index in [0.717, 1.165) is 18.2 Å². The molecule has 1 aromatic carbocycles. The summed E-state index contributed by atoms with van der Waals surface area (Å²) in [4.78, 5) is -0.0858. The lowest BCUT2D eigenvalue weighted by molar-refractivity contribution is 0.580. The minimum absolute atomic E-state index is 0.0846. The molecule has 0 bridgehead atoms. The van der Waals surface area contributed by atoms with Gasteiger partial charge in [-0.25, -0.2) is 17.5 Å². The monoisotopic (exact) mass is 232 g/mol. The van der Waals surface area contributed by atoms with E-state index in [1.165, 1.54) is 0 Å². The van der Waals surface area contributed by atoms with Gasteiger partial charge in [0.15, 0.2) is 0 Å². The van der Waals surface area contributed by atoms with Gasteiger partial charge in [-0.15, -0.1) is 0 Å². The number of benzene rings is 1. The van der Waals surface area contributed by atoms with Gasteiger partial charge in [0.05, 0.1) is 5.69 Å². The molecule has 0 aliphatic carbocycles. The minimum atomic E-state index is -3.61. The zero-order valence-electron chi connectivity index (χ0n) is 8.33. The quantitative estimate of drug-likeness (QED) is 0.763. The van der Waals surface area contributed by atoms with Gasteiger partial charge in [-0.2, -0.15) is 0 Å². The molecule has 0 fully saturated rings. The first kappa shape index (κ1) is 11.9. The Bertz CT molecular complexity index is 445. The molecule has 0 unspecified atom stereocenters. The Morgan fingerprint density at radius 2 is 2.13 bits per heavy atom. The van der Waals surface area contributed by atoms with Crippen molar-refractivity contribution in [2.75, 3.05) is 12.3 Å². The number of halogens is 1. The van der Waals surface area contributed by atoms with Gasteiger partial charge in [0.2, 0.25) is 10.0 Å². The van der Waals surface area contributed by atoms with Gasteiger partial charge in [-0.05, 0) is 24.6 Å². The molecule has 0 aliphatic heterocycles. The number of nitrogens with one attached hydrogen (secondary N) is 1. The maximum Gasteiger partial charge on any atom is 0.242 e. The topological polar surface area (TPSA) is 72.2 Å². The molecule has 6 heteroatoms. The Hall–Kier alpha value is -1.14. The maximum absolute atomic E-state index is 12.7. The van der Waals surface area contributed by atoms with Crippen molar-refractivity contribution >= 4 is 15.7 Å². The van der Waals surface area contributed by atoms with Crippen molar-refractivity contribution in [3.05, 3.63) is 24.0 Å². The standard InChI is InChI=1S/C9H13FN2O2S/c1-2-5-12-15(13,14)9-4-3-7(10)6-8(9)11/h3-4,6,12H,2,5,11H2,1H3. The summed E-state index contributed by atoms with van der Waals surface area (Å²) in [5.41, 5.74) is 5.34. The molecule has 0 heterocycles. The molecule has 0 saturated heterocycles. The van der Waals surface area contributed by atoms with Crippen LogP contribution in [0.2, 0.25) is 0 Å². The second-order valence-corrected chi connectivity index (χ2v) is 4.82. The summed E-state index contributed by atoms with van der Waals surface area (Å²) < 4.78 is 38.3. The SMILES string of the molecule is CCCNS(=O)(=O)c1ccc(F)cc1N. The van der Waals surface area contributed by atoms with Crippen LogP contribution >= 0.6 is 0 Å². The molecule has 84 valence electrons. The van der Waals surface area contributed by atoms with E-state index in [9.17, 15) is 12.8 Å². The molecule has 0 radical (unpaired) electrons. The van der Waals surface area contributed by atoms with Gasteiger partial charge in [0.1, 0.15) is 10.7 Å². The van der Waals surface area contributed by atoms with E-state index in [1.807, 2.05) is 6.92 Å². The van der Waals surface area contributed by atoms with E-state index in [1.54, 1.807) is 0 Å². The molecule has 0 saturated carbocycles. The highest BCUT2D eigenvalue weighted by atomic mass is 32.2. The molecule has 0 atom stereocenters. The number of nitrogen functional groups attached to an aromatic ring is 1. The number of hydrogen-bond donors (Lipinski definition) is 2. The van der Waals surface area contributed by atoms with E-state index in [0.29, 0.717) is 13.0 Å². The van der Waals surface area contributed by atoms with Crippen LogP contribution in [0.4, 0.5) is 10.1 Å². The summed E-state index contributed by atoms with van der Waals surface area (Å²) in [6.45, 7) is 2.18. The zero-order valence-corrected chi connectivity index (χ0v) is 9.14. The van der Waals surface area contributed by atoms with Gasteiger partial charge >= 0.3 is 0 Å². The normalized spacial score (nSPS) is 11.6. The summed E-state index contributed by atoms with van der Waals surface area (Å²) in [7, 11) is -3.61. The van der Waals surface area contributed by atoms with Crippen molar-refractivity contribution in [1.82, 2.24) is 4.72 Å². The van der Waals surface area contributed by atoms with Crippen LogP contribution in [0.5, 0.6) is 0 Å². The number of nitrogens with two attached hydrogens (primary N) is 1. The Balaban J connectivity index is 3.05. The van der Waals surface area contributed by atoms with Crippen LogP contribution in [-0.4, -0.2) is 15.0 Å². The van der Waals surface area contributed by atoms with Crippen molar-refractivity contribution in [3.63, 3.8) is 0 Å². The fourth-order valence-electron chi connectivity index (χ4n) is 1.08. The van der Waals surface area contributed by atoms with E-state index in [4.69, 9.17) is 5.73 Å². The predicted octanol–water partition coefficient (Wildman–Crippen LogP) is 1.10. The van der Waals surface area contributed by atoms with E-state index in [-0.39, 0.29) is 10.6 Å². The second-order valence-electron chi connectivity index (χ2n) is 3.08. The molecule has 0 aromatic heterocycles. The van der Waals surface area contributed by atoms with Crippen molar-refractivity contribution in [2.24, 2.45) is 0 Å². The lowest BCUT2D eigenvalue weighted by Gasteiger charge is -2.07. The van der Waals surface area contributed by atoms with Crippen molar-refractivity contribution in [1.29, 1.82) is 0 Å². The average Bonchev–Trinajstić information content (AvgIpc) is 2.14. The highest BCUT2D eigenvalue weighted by molar-refractivity contribution is 7.89. The first-order chi connectivity index (χ1) is 6.97. The van der Waals surface area contributed by atoms with Gasteiger partial charge in [0.25, 0.3) is 0 Å². The fraction of sp³-hybridized carbons (Fsp3) is 0.333. The molecule has 0 amide bonds. The van der Waals surface area contributed by atoms with E-state index < -0.39 is 15.8 Å². The Morgan fingerprint density at radius 3 is 2.67 bits per heavy atom. The lowest BCUT2D eigenvalue weighted by Crippen LogP contribution is -2.25. The van der Waals surface area contributed by atoms with Gasteiger partial charge in [-0.3, -0.25) is 0 Å². The third-order valence-electron chi connectivity index (χ3n) is 1.80. The van der Waals surface area contributed by atoms with Crippen molar-refractivity contribution in [3.8, 4) is 0 Å². The van der Waals surface area contributed by atoms with E-state index in [2.05, 4.69) is 4.72 Å². The number of hydrogen-bond acceptors (Lipinski definition) is 3. The van der Waals surface area contributed by atoms with Crippen LogP contribution in [0.3, 0.4) is 0 Å². The summed E-state index contributed by atoms with van der Waals surface area (Å²) in [5.74, 6) is -0.554. The first-order valence-corrected chi connectivity index (χ1v) is 6.00. The minimum Gasteiger partial charge on any atom is -0.398 e. The van der Waals surface area contributed by atoms with Crippen molar-refractivity contribution in [2.45, 2.75) is 18.2 Å². The van der Waals surface area contributed by atoms with Crippen LogP contribution in [0.1, 0.15) is 13.3 Å². The summed E-state index contributed by atoms with van der Waals surface area (Å²) in [5, 5.41) is 0. The molecule has 0 spiro atoms. The predicted molar refractivity (Wildman–Crippen MR) is 56.3 cm³/mol. The van der Waals surface area contributed by atoms with Crippen LogP contribution in [-0.2, 0) is 10.0 Å². The first-order valence-electron chi connectivity index (χ1n) is 4.52. The third-order valence-corrected chi connectivity index (χ3v) is 3.34. The largest absolute Gasteiger partial charge is 0.398 e. The molecule has 3 N–H and O–H groups in total. The van der Waals surface area contributed by atoms with E-state index >= 15 is 0 Å². The molecule has 0 aliphatic rings. The molecular formula is C9H13FN2O2S. The number of rotatable bonds is 4. The third kappa shape index (κ3) is 2.90. The molecule has 1 rings (SSSR count).